The first-order valence-electron chi connectivity index (χ1n) is 9.65. The van der Waals surface area contributed by atoms with Gasteiger partial charge < -0.3 is 16.0 Å². The van der Waals surface area contributed by atoms with Crippen LogP contribution in [0.25, 0.3) is 23.7 Å². The fraction of sp³-hybridized carbons (Fsp3) is 0.273. The number of benzene rings is 1. The van der Waals surface area contributed by atoms with Crippen molar-refractivity contribution >= 4 is 41.4 Å². The second-order valence-corrected chi connectivity index (χ2v) is 6.78. The molecule has 0 bridgehead atoms. The number of nitrogen functional groups attached to an aromatic ring is 1. The standard InChI is InChI=1S/C22H27N7/c1-6-9-16-14(3)10-8-11-17(16)15(4)29(12-7-2)22-25-13-18-19(24-5)26-21(23)27-20(18)28-22/h6,8-11,13,15H,1,3,7,12H2,2,4-5H3,(H3,23,24,25,26,27,28)/b16-9+. The molecule has 0 aliphatic carbocycles. The van der Waals surface area contributed by atoms with Crippen LogP contribution in [-0.4, -0.2) is 33.5 Å². The van der Waals surface area contributed by atoms with Gasteiger partial charge in [-0.15, -0.1) is 0 Å². The molecule has 3 aromatic rings. The van der Waals surface area contributed by atoms with E-state index >= 15 is 0 Å². The molecular weight excluding hydrogens is 362 g/mol. The van der Waals surface area contributed by atoms with E-state index < -0.39 is 0 Å². The Hall–Kier alpha value is -3.48. The molecule has 0 fully saturated rings. The molecule has 29 heavy (non-hydrogen) atoms. The molecule has 0 spiro atoms. The molecule has 0 aliphatic rings. The number of allylic oxidation sites excluding steroid dienone is 1. The number of nitrogens with zero attached hydrogens (tertiary/aromatic N) is 5. The zero-order valence-corrected chi connectivity index (χ0v) is 17.2. The summed E-state index contributed by atoms with van der Waals surface area (Å²) in [6.07, 6.45) is 6.47. The minimum absolute atomic E-state index is 0.0308. The van der Waals surface area contributed by atoms with E-state index in [1.807, 2.05) is 18.2 Å². The van der Waals surface area contributed by atoms with Crippen molar-refractivity contribution in [1.82, 2.24) is 19.9 Å². The van der Waals surface area contributed by atoms with E-state index in [-0.39, 0.29) is 12.0 Å². The van der Waals surface area contributed by atoms with E-state index in [0.29, 0.717) is 17.4 Å². The maximum atomic E-state index is 5.85. The highest BCUT2D eigenvalue weighted by atomic mass is 15.3. The Morgan fingerprint density at radius 1 is 1.28 bits per heavy atom. The van der Waals surface area contributed by atoms with Crippen LogP contribution in [-0.2, 0) is 0 Å². The summed E-state index contributed by atoms with van der Waals surface area (Å²) in [5.41, 5.74) is 7.51. The van der Waals surface area contributed by atoms with Crippen LogP contribution in [0.2, 0.25) is 0 Å². The van der Waals surface area contributed by atoms with Crippen molar-refractivity contribution in [2.75, 3.05) is 29.5 Å². The molecule has 1 atom stereocenters. The second-order valence-electron chi connectivity index (χ2n) is 6.78. The Labute approximate surface area is 170 Å². The number of aromatic nitrogens is 4. The van der Waals surface area contributed by atoms with Gasteiger partial charge in [0.15, 0.2) is 5.65 Å². The monoisotopic (exact) mass is 389 g/mol. The van der Waals surface area contributed by atoms with Gasteiger partial charge >= 0.3 is 0 Å². The Kier molecular flexibility index (Phi) is 6.07. The molecule has 2 heterocycles. The lowest BCUT2D eigenvalue weighted by atomic mass is 10.0. The van der Waals surface area contributed by atoms with Crippen molar-refractivity contribution in [3.8, 4) is 0 Å². The molecule has 7 nitrogen and oxygen atoms in total. The number of nitrogens with one attached hydrogen (secondary N) is 1. The van der Waals surface area contributed by atoms with Gasteiger partial charge in [-0.3, -0.25) is 0 Å². The summed E-state index contributed by atoms with van der Waals surface area (Å²) in [7, 11) is 1.78. The molecule has 1 unspecified atom stereocenters. The van der Waals surface area contributed by atoms with Crippen molar-refractivity contribution in [3.63, 3.8) is 0 Å². The molecule has 0 amide bonds. The molecule has 3 N–H and O–H groups in total. The topological polar surface area (TPSA) is 92.9 Å². The molecule has 1 aromatic carbocycles. The van der Waals surface area contributed by atoms with Crippen LogP contribution in [0.1, 0.15) is 31.9 Å². The van der Waals surface area contributed by atoms with Crippen LogP contribution < -0.4 is 26.4 Å². The van der Waals surface area contributed by atoms with Crippen molar-refractivity contribution in [2.24, 2.45) is 0 Å². The number of anilines is 3. The van der Waals surface area contributed by atoms with Gasteiger partial charge in [0.2, 0.25) is 11.9 Å². The van der Waals surface area contributed by atoms with E-state index in [2.05, 4.69) is 58.2 Å². The van der Waals surface area contributed by atoms with Gasteiger partial charge in [0.05, 0.1) is 11.4 Å². The van der Waals surface area contributed by atoms with Gasteiger partial charge in [-0.05, 0) is 29.3 Å². The van der Waals surface area contributed by atoms with Gasteiger partial charge in [-0.25, -0.2) is 4.98 Å². The summed E-state index contributed by atoms with van der Waals surface area (Å²) in [5.74, 6) is 1.39. The van der Waals surface area contributed by atoms with E-state index in [1.54, 1.807) is 19.3 Å². The first-order chi connectivity index (χ1) is 14.0. The highest BCUT2D eigenvalue weighted by Crippen LogP contribution is 2.25. The first-order valence-corrected chi connectivity index (χ1v) is 9.65. The number of rotatable bonds is 7. The fourth-order valence-corrected chi connectivity index (χ4v) is 3.45. The molecule has 0 aliphatic heterocycles. The third-order valence-corrected chi connectivity index (χ3v) is 4.85. The van der Waals surface area contributed by atoms with Gasteiger partial charge in [0.1, 0.15) is 5.82 Å². The van der Waals surface area contributed by atoms with Crippen molar-refractivity contribution in [1.29, 1.82) is 0 Å². The smallest absolute Gasteiger partial charge is 0.227 e. The molecule has 3 rings (SSSR count). The largest absolute Gasteiger partial charge is 0.372 e. The van der Waals surface area contributed by atoms with E-state index in [1.165, 1.54) is 0 Å². The van der Waals surface area contributed by atoms with Crippen LogP contribution in [0, 0.1) is 0 Å². The lowest BCUT2D eigenvalue weighted by molar-refractivity contribution is 0.638. The highest BCUT2D eigenvalue weighted by Gasteiger charge is 2.20. The summed E-state index contributed by atoms with van der Waals surface area (Å²) in [6, 6.07) is 6.16. The van der Waals surface area contributed by atoms with Crippen LogP contribution in [0.3, 0.4) is 0 Å². The summed E-state index contributed by atoms with van der Waals surface area (Å²) < 4.78 is 0. The van der Waals surface area contributed by atoms with Crippen molar-refractivity contribution < 1.29 is 0 Å². The highest BCUT2D eigenvalue weighted by molar-refractivity contribution is 5.87. The Morgan fingerprint density at radius 2 is 2.07 bits per heavy atom. The third kappa shape index (κ3) is 4.03. The number of hydrogen-bond acceptors (Lipinski definition) is 7. The van der Waals surface area contributed by atoms with Crippen molar-refractivity contribution in [2.45, 2.75) is 26.3 Å². The summed E-state index contributed by atoms with van der Waals surface area (Å²) in [4.78, 5) is 20.0. The molecule has 150 valence electrons. The second kappa shape index (κ2) is 8.68. The minimum Gasteiger partial charge on any atom is -0.372 e. The van der Waals surface area contributed by atoms with Crippen LogP contribution >= 0.6 is 0 Å². The fourth-order valence-electron chi connectivity index (χ4n) is 3.45. The summed E-state index contributed by atoms with van der Waals surface area (Å²) in [5, 5.41) is 5.78. The van der Waals surface area contributed by atoms with Crippen LogP contribution in [0.5, 0.6) is 0 Å². The van der Waals surface area contributed by atoms with E-state index in [4.69, 9.17) is 10.7 Å². The first kappa shape index (κ1) is 20.3. The number of fused-ring (bicyclic) bond motifs is 1. The SMILES string of the molecule is C=C/C=c1/c(C(C)N(CCC)c2ncc3c(NC)nc(N)nc3n2)cccc1=C. The lowest BCUT2D eigenvalue weighted by Gasteiger charge is -2.30. The maximum absolute atomic E-state index is 5.85. The molecule has 0 radical (unpaired) electrons. The quantitative estimate of drug-likeness (QED) is 0.641. The minimum atomic E-state index is 0.0308. The van der Waals surface area contributed by atoms with Crippen LogP contribution in [0.15, 0.2) is 37.1 Å². The molecular formula is C22H27N7. The summed E-state index contributed by atoms with van der Waals surface area (Å²) in [6.45, 7) is 13.1. The number of nitrogens with two attached hydrogens (primary N) is 1. The van der Waals surface area contributed by atoms with Crippen LogP contribution in [0.4, 0.5) is 17.7 Å². The predicted molar refractivity (Wildman–Crippen MR) is 121 cm³/mol. The maximum Gasteiger partial charge on any atom is 0.227 e. The van der Waals surface area contributed by atoms with Gasteiger partial charge in [-0.2, -0.15) is 15.0 Å². The molecule has 0 saturated carbocycles. The normalized spacial score (nSPS) is 12.7. The Morgan fingerprint density at radius 3 is 2.76 bits per heavy atom. The zero-order chi connectivity index (χ0) is 21.0. The number of hydrogen-bond donors (Lipinski definition) is 2. The average Bonchev–Trinajstić information content (AvgIpc) is 2.72. The van der Waals surface area contributed by atoms with Crippen molar-refractivity contribution in [3.05, 3.63) is 53.1 Å². The molecule has 7 heteroatoms. The summed E-state index contributed by atoms with van der Waals surface area (Å²) >= 11 is 0. The third-order valence-electron chi connectivity index (χ3n) is 4.85. The Balaban J connectivity index is 2.14. The van der Waals surface area contributed by atoms with E-state index in [0.717, 1.165) is 34.4 Å². The molecule has 0 saturated heterocycles. The predicted octanol–water partition coefficient (Wildman–Crippen LogP) is 2.40. The average molecular weight is 390 g/mol. The lowest BCUT2D eigenvalue weighted by Crippen LogP contribution is -2.36. The van der Waals surface area contributed by atoms with Gasteiger partial charge in [-0.1, -0.05) is 50.4 Å². The zero-order valence-electron chi connectivity index (χ0n) is 17.2. The Bertz CT molecular complexity index is 1140. The van der Waals surface area contributed by atoms with E-state index in [9.17, 15) is 0 Å². The van der Waals surface area contributed by atoms with Gasteiger partial charge in [0.25, 0.3) is 0 Å². The molecule has 2 aromatic heterocycles. The van der Waals surface area contributed by atoms with Gasteiger partial charge in [0, 0.05) is 19.8 Å².